The lowest BCUT2D eigenvalue weighted by Gasteiger charge is -2.43. The lowest BCUT2D eigenvalue weighted by Crippen LogP contribution is -2.61. The number of benzene rings is 2. The first-order chi connectivity index (χ1) is 38.8. The number of pyridine rings is 1. The zero-order valence-electron chi connectivity index (χ0n) is 46.3. The van der Waals surface area contributed by atoms with Gasteiger partial charge >= 0.3 is 0 Å². The van der Waals surface area contributed by atoms with Crippen molar-refractivity contribution in [3.63, 3.8) is 0 Å². The Balaban J connectivity index is 0.726. The van der Waals surface area contributed by atoms with Crippen molar-refractivity contribution in [2.24, 2.45) is 17.1 Å². The number of ether oxygens (including phenoxy) is 1. The Kier molecular flexibility index (Phi) is 18.4. The van der Waals surface area contributed by atoms with E-state index in [0.29, 0.717) is 79.7 Å². The first-order valence-corrected chi connectivity index (χ1v) is 28.5. The Hall–Kier alpha value is -7.05. The molecule has 4 aromatic heterocycles. The Labute approximate surface area is 473 Å². The lowest BCUT2D eigenvalue weighted by atomic mass is 9.85. The Morgan fingerprint density at radius 3 is 2.43 bits per heavy atom. The highest BCUT2D eigenvalue weighted by molar-refractivity contribution is 7.13. The van der Waals surface area contributed by atoms with E-state index in [1.807, 2.05) is 73.6 Å². The fraction of sp³-hybridized carbons (Fsp3) is 0.500. The molecule has 20 nitrogen and oxygen atoms in total. The smallest absolute Gasteiger partial charge is 0.246 e. The molecule has 0 unspecified atom stereocenters. The first kappa shape index (κ1) is 58.6. The van der Waals surface area contributed by atoms with Gasteiger partial charge in [0.25, 0.3) is 0 Å². The number of aromatic nitrogens is 6. The number of nitrogens with zero attached hydrogens (tertiary/aromatic N) is 9. The number of halogens is 2. The van der Waals surface area contributed by atoms with Gasteiger partial charge in [-0.25, -0.2) is 28.7 Å². The van der Waals surface area contributed by atoms with Crippen molar-refractivity contribution in [2.75, 3.05) is 63.2 Å². The van der Waals surface area contributed by atoms with E-state index in [-0.39, 0.29) is 82.1 Å². The lowest BCUT2D eigenvalue weighted by molar-refractivity contribution is -0.144. The molecule has 7 heterocycles. The van der Waals surface area contributed by atoms with Gasteiger partial charge in [0.05, 0.1) is 84.4 Å². The van der Waals surface area contributed by atoms with Crippen molar-refractivity contribution in [1.29, 1.82) is 0 Å². The zero-order chi connectivity index (χ0) is 57.6. The van der Waals surface area contributed by atoms with E-state index in [9.17, 15) is 33.8 Å². The Morgan fingerprint density at radius 2 is 1.72 bits per heavy atom. The fourth-order valence-corrected chi connectivity index (χ4v) is 12.0. The monoisotopic (exact) mass is 1130 g/mol. The van der Waals surface area contributed by atoms with Crippen molar-refractivity contribution < 1.29 is 42.9 Å². The second-order valence-corrected chi connectivity index (χ2v) is 23.7. The molecule has 9 rings (SSSR count). The number of β-amino-alcohol motifs (C(OH)–C–C–N with tert-alkyl or cyclic N) is 1. The number of aryl methyl sites for hydroxylation is 1. The van der Waals surface area contributed by atoms with Crippen LogP contribution in [-0.2, 0) is 43.4 Å². The molecule has 6 aromatic rings. The van der Waals surface area contributed by atoms with Crippen molar-refractivity contribution in [2.45, 2.75) is 122 Å². The van der Waals surface area contributed by atoms with Crippen molar-refractivity contribution in [3.05, 3.63) is 101 Å². The molecule has 2 aromatic carbocycles. The average molecular weight is 1130 g/mol. The van der Waals surface area contributed by atoms with Crippen LogP contribution < -0.4 is 27.0 Å². The molecular formula is C58H73F2N13O7S. The van der Waals surface area contributed by atoms with Crippen LogP contribution in [0.2, 0.25) is 0 Å². The predicted octanol–water partition coefficient (Wildman–Crippen LogP) is 5.10. The van der Waals surface area contributed by atoms with E-state index in [2.05, 4.69) is 30.6 Å². The maximum Gasteiger partial charge on any atom is 0.246 e. The number of hydrogen-bond donors (Lipinski definition) is 6. The molecule has 23 heteroatoms. The van der Waals surface area contributed by atoms with Gasteiger partial charge in [0, 0.05) is 57.7 Å². The number of piperidine rings is 2. The summed E-state index contributed by atoms with van der Waals surface area (Å²) in [6, 6.07) is 12.9. The van der Waals surface area contributed by atoms with Gasteiger partial charge < -0.3 is 56.3 Å². The van der Waals surface area contributed by atoms with Crippen LogP contribution >= 0.6 is 11.3 Å². The summed E-state index contributed by atoms with van der Waals surface area (Å²) in [4.78, 5) is 82.3. The maximum absolute atomic E-state index is 16.0. The van der Waals surface area contributed by atoms with Crippen LogP contribution in [0.3, 0.4) is 0 Å². The van der Waals surface area contributed by atoms with E-state index >= 15 is 4.39 Å². The minimum absolute atomic E-state index is 0.0219. The number of thiazole rings is 1. The normalized spacial score (nSPS) is 19.7. The largest absolute Gasteiger partial charge is 0.393 e. The highest BCUT2D eigenvalue weighted by atomic mass is 32.1. The molecule has 3 saturated heterocycles. The third-order valence-corrected chi connectivity index (χ3v) is 16.9. The third kappa shape index (κ3) is 13.8. The number of nitrogens with two attached hydrogens (primary N) is 2. The van der Waals surface area contributed by atoms with Crippen LogP contribution in [0.5, 0.6) is 0 Å². The van der Waals surface area contributed by atoms with Crippen LogP contribution in [0, 0.1) is 24.1 Å². The quantitative estimate of drug-likeness (QED) is 0.0543. The number of amides is 4. The van der Waals surface area contributed by atoms with Gasteiger partial charge in [-0.2, -0.15) is 0 Å². The van der Waals surface area contributed by atoms with Crippen LogP contribution in [0.1, 0.15) is 88.1 Å². The number of aliphatic hydroxyl groups is 2. The zero-order valence-corrected chi connectivity index (χ0v) is 47.1. The number of imidazole rings is 1. The molecule has 3 aliphatic rings. The van der Waals surface area contributed by atoms with Crippen LogP contribution in [0.4, 0.5) is 20.3 Å². The Bertz CT molecular complexity index is 3200. The van der Waals surface area contributed by atoms with Crippen molar-refractivity contribution in [1.82, 2.24) is 49.9 Å². The number of aliphatic hydroxyl groups excluding tert-OH is 2. The van der Waals surface area contributed by atoms with E-state index in [4.69, 9.17) is 21.2 Å². The van der Waals surface area contributed by atoms with E-state index in [1.54, 1.807) is 40.3 Å². The second kappa shape index (κ2) is 25.4. The maximum atomic E-state index is 16.0. The molecule has 0 bridgehead atoms. The molecule has 8 N–H and O–H groups in total. The summed E-state index contributed by atoms with van der Waals surface area (Å²) in [7, 11) is 0. The van der Waals surface area contributed by atoms with Crippen LogP contribution in [0.25, 0.3) is 32.9 Å². The second-order valence-electron chi connectivity index (χ2n) is 22.8. The molecule has 4 amide bonds. The number of fused-ring (bicyclic) bond motifs is 1. The van der Waals surface area contributed by atoms with Crippen LogP contribution in [-0.4, -0.2) is 156 Å². The molecule has 0 radical (unpaired) electrons. The minimum atomic E-state index is -1.60. The number of carbonyl (C=O) groups is 4. The molecule has 0 spiro atoms. The summed E-state index contributed by atoms with van der Waals surface area (Å²) in [6.45, 7) is 9.13. The third-order valence-electron chi connectivity index (χ3n) is 15.9. The summed E-state index contributed by atoms with van der Waals surface area (Å²) in [5.74, 6) is -1.32. The number of likely N-dealkylation sites (tertiary alicyclic amines) is 2. The number of nitrogen functional groups attached to an aromatic ring is 1. The molecule has 5 atom stereocenters. The highest BCUT2D eigenvalue weighted by Crippen LogP contribution is 2.35. The molecule has 432 valence electrons. The number of carbonyl (C=O) groups excluding carboxylic acids is 4. The summed E-state index contributed by atoms with van der Waals surface area (Å²) < 4.78 is 38.6. The van der Waals surface area contributed by atoms with Gasteiger partial charge in [-0.15, -0.1) is 11.3 Å². The topological polar surface area (TPSA) is 273 Å². The summed E-state index contributed by atoms with van der Waals surface area (Å²) in [5, 5.41) is 26.1. The number of rotatable bonds is 20. The average Bonchev–Trinajstić information content (AvgIpc) is 4.33. The van der Waals surface area contributed by atoms with Gasteiger partial charge in [-0.05, 0) is 84.7 Å². The molecular weight excluding hydrogens is 1060 g/mol. The fourth-order valence-electron chi connectivity index (χ4n) is 11.2. The number of alkyl halides is 1. The standard InChI is InChI=1S/C58H73F2N13O7S/c1-35-51(81-34-68-35)38-8-6-37(7-9-38)26-64-55(78)45-25-42(75)29-73(45)56(79)52(57(2,3)4)69-48(76)14-20-80-21-15-49(77)70-18-12-36(13-19-70)22-39-10-11-40(23-43(39)59)44-24-41(28-72-33-67-50-53(61)65-32-66-54(50)72)46(27-63-44)71-17-5-16-58(62,31-71)47(60)30-74/h6-11,23-24,27,32-34,36,42,45,47,52,74-75H,5,12-22,25-26,28-31,62H2,1-4H3,(H,64,78)(H,69,76)(H2,61,65,66)/t42-,45+,47+,52-,58-/m1/s1. The summed E-state index contributed by atoms with van der Waals surface area (Å²) in [6.07, 6.45) is 5.23. The van der Waals surface area contributed by atoms with Gasteiger partial charge in [0.15, 0.2) is 11.5 Å². The minimum Gasteiger partial charge on any atom is -0.393 e. The first-order valence-electron chi connectivity index (χ1n) is 27.7. The molecule has 3 aliphatic heterocycles. The molecule has 3 fully saturated rings. The van der Waals surface area contributed by atoms with Gasteiger partial charge in [0.2, 0.25) is 23.6 Å². The van der Waals surface area contributed by atoms with Crippen molar-refractivity contribution >= 4 is 57.6 Å². The van der Waals surface area contributed by atoms with Gasteiger partial charge in [0.1, 0.15) is 35.9 Å². The number of hydrogen-bond acceptors (Lipinski definition) is 16. The highest BCUT2D eigenvalue weighted by Gasteiger charge is 2.45. The van der Waals surface area contributed by atoms with E-state index in [1.165, 1.54) is 17.3 Å². The van der Waals surface area contributed by atoms with E-state index in [0.717, 1.165) is 32.9 Å². The predicted molar refractivity (Wildman–Crippen MR) is 304 cm³/mol. The van der Waals surface area contributed by atoms with E-state index < -0.39 is 59.6 Å². The van der Waals surface area contributed by atoms with Crippen molar-refractivity contribution in [3.8, 4) is 21.7 Å². The van der Waals surface area contributed by atoms with Gasteiger partial charge in [-0.1, -0.05) is 57.2 Å². The molecule has 0 aliphatic carbocycles. The molecule has 0 saturated carbocycles. The van der Waals surface area contributed by atoms with Crippen LogP contribution in [0.15, 0.2) is 72.9 Å². The van der Waals surface area contributed by atoms with Gasteiger partial charge in [-0.3, -0.25) is 24.2 Å². The number of nitrogens with one attached hydrogen (secondary N) is 2. The summed E-state index contributed by atoms with van der Waals surface area (Å²) >= 11 is 1.56. The SMILES string of the molecule is Cc1ncsc1-c1ccc(CNC(=O)[C@@H]2C[C@@H](O)CN2C(=O)[C@@H](NC(=O)CCOCCC(=O)N2CCC(Cc3ccc(-c4cc(Cn5cnc6c(N)ncnc65)c(N5CCC[C@](N)([C@@H](F)CO)C5)cn4)cc3F)CC2)C(C)(C)C)cc1. The summed E-state index contributed by atoms with van der Waals surface area (Å²) in [5.41, 5.74) is 19.4. The Morgan fingerprint density at radius 1 is 0.963 bits per heavy atom. The molecule has 81 heavy (non-hydrogen) atoms. The number of anilines is 2.